The Balaban J connectivity index is 1.47. The standard InChI is InChI=1S/C32H24N2O5/c35-29-22-8-1-2-12-26(22)39-18-31(29)28(20-13-15-21(16-14-20)34(37)38)25-11-5-17-33(25)32(31)24-10-4-7-19-6-3-9-23(27(19)24)30(32)36/h1-4,6-10,12-16,25,28H,5,11,17-18H2/t25?,28-,31-,32?/m1/s1. The summed E-state index contributed by atoms with van der Waals surface area (Å²) in [6.45, 7) is 0.731. The summed E-state index contributed by atoms with van der Waals surface area (Å²) in [7, 11) is 0. The topological polar surface area (TPSA) is 89.8 Å². The Bertz CT molecular complexity index is 1740. The number of hydrogen-bond donors (Lipinski definition) is 0. The van der Waals surface area contributed by atoms with Crippen molar-refractivity contribution < 1.29 is 19.2 Å². The van der Waals surface area contributed by atoms with Crippen LogP contribution in [0.25, 0.3) is 10.8 Å². The number of Topliss-reactive ketones (excluding diaryl/α,β-unsaturated/α-hetero) is 2. The van der Waals surface area contributed by atoms with Gasteiger partial charge in [-0.3, -0.25) is 24.6 Å². The van der Waals surface area contributed by atoms with Gasteiger partial charge in [0.05, 0.1) is 10.5 Å². The van der Waals surface area contributed by atoms with E-state index in [1.54, 1.807) is 24.3 Å². The number of rotatable bonds is 2. The Labute approximate surface area is 224 Å². The van der Waals surface area contributed by atoms with Crippen LogP contribution in [-0.4, -0.2) is 40.6 Å². The number of para-hydroxylation sites is 1. The lowest BCUT2D eigenvalue weighted by Gasteiger charge is -2.49. The molecule has 2 fully saturated rings. The van der Waals surface area contributed by atoms with E-state index in [4.69, 9.17) is 4.74 Å². The summed E-state index contributed by atoms with van der Waals surface area (Å²) in [6, 6.07) is 25.5. The summed E-state index contributed by atoms with van der Waals surface area (Å²) in [5.74, 6) is -0.0173. The van der Waals surface area contributed by atoms with Gasteiger partial charge in [0.25, 0.3) is 5.69 Å². The molecule has 192 valence electrons. The first-order chi connectivity index (χ1) is 19.0. The quantitative estimate of drug-likeness (QED) is 0.252. The number of carbonyl (C=O) groups is 2. The third kappa shape index (κ3) is 2.52. The highest BCUT2D eigenvalue weighted by molar-refractivity contribution is 6.24. The highest BCUT2D eigenvalue weighted by Gasteiger charge is 2.78. The second-order valence-electron chi connectivity index (χ2n) is 11.1. The molecule has 3 aliphatic heterocycles. The average molecular weight is 517 g/mol. The van der Waals surface area contributed by atoms with Crippen LogP contribution in [0, 0.1) is 15.5 Å². The lowest BCUT2D eigenvalue weighted by molar-refractivity contribution is -0.384. The Morgan fingerprint density at radius 1 is 0.872 bits per heavy atom. The molecule has 0 radical (unpaired) electrons. The largest absolute Gasteiger partial charge is 0.492 e. The molecule has 7 heteroatoms. The molecule has 3 heterocycles. The second kappa shape index (κ2) is 7.61. The van der Waals surface area contributed by atoms with Crippen molar-refractivity contribution in [3.8, 4) is 5.75 Å². The number of benzene rings is 4. The van der Waals surface area contributed by atoms with Crippen LogP contribution in [0.15, 0.2) is 84.9 Å². The normalized spacial score (nSPS) is 28.7. The van der Waals surface area contributed by atoms with Gasteiger partial charge >= 0.3 is 0 Å². The molecule has 4 aliphatic rings. The Kier molecular flexibility index (Phi) is 4.41. The van der Waals surface area contributed by atoms with E-state index in [1.807, 2.05) is 48.5 Å². The third-order valence-corrected chi connectivity index (χ3v) is 9.61. The number of fused-ring (bicyclic) bond motifs is 5. The molecule has 4 aromatic rings. The maximum atomic E-state index is 15.0. The molecule has 0 saturated carbocycles. The molecular formula is C32H24N2O5. The fraction of sp³-hybridized carbons (Fsp3) is 0.250. The highest BCUT2D eigenvalue weighted by Crippen LogP contribution is 2.69. The first-order valence-electron chi connectivity index (χ1n) is 13.3. The van der Waals surface area contributed by atoms with Crippen molar-refractivity contribution in [1.82, 2.24) is 4.90 Å². The summed E-state index contributed by atoms with van der Waals surface area (Å²) < 4.78 is 6.43. The summed E-state index contributed by atoms with van der Waals surface area (Å²) in [5, 5.41) is 13.3. The minimum atomic E-state index is -1.26. The van der Waals surface area contributed by atoms with Gasteiger partial charge in [-0.05, 0) is 53.4 Å². The summed E-state index contributed by atoms with van der Waals surface area (Å²) in [6.07, 6.45) is 1.72. The lowest BCUT2D eigenvalue weighted by Crippen LogP contribution is -2.62. The molecule has 0 bridgehead atoms. The molecule has 8 rings (SSSR count). The van der Waals surface area contributed by atoms with Crippen LogP contribution >= 0.6 is 0 Å². The number of hydrogen-bond acceptors (Lipinski definition) is 6. The van der Waals surface area contributed by atoms with Crippen molar-refractivity contribution in [3.05, 3.63) is 117 Å². The van der Waals surface area contributed by atoms with Gasteiger partial charge in [0.1, 0.15) is 23.3 Å². The summed E-state index contributed by atoms with van der Waals surface area (Å²) >= 11 is 0. The minimum Gasteiger partial charge on any atom is -0.492 e. The molecular weight excluding hydrogens is 492 g/mol. The fourth-order valence-electron chi connectivity index (χ4n) is 8.33. The van der Waals surface area contributed by atoms with Gasteiger partial charge in [0.2, 0.25) is 0 Å². The zero-order valence-corrected chi connectivity index (χ0v) is 21.0. The van der Waals surface area contributed by atoms with E-state index in [1.165, 1.54) is 12.1 Å². The molecule has 7 nitrogen and oxygen atoms in total. The number of nitro benzene ring substituents is 1. The lowest BCUT2D eigenvalue weighted by atomic mass is 9.55. The molecule has 2 unspecified atom stereocenters. The van der Waals surface area contributed by atoms with Crippen molar-refractivity contribution >= 4 is 28.0 Å². The van der Waals surface area contributed by atoms with Gasteiger partial charge in [-0.15, -0.1) is 0 Å². The van der Waals surface area contributed by atoms with Crippen molar-refractivity contribution in [2.24, 2.45) is 5.41 Å². The maximum absolute atomic E-state index is 15.0. The van der Waals surface area contributed by atoms with Crippen LogP contribution in [0.3, 0.4) is 0 Å². The predicted molar refractivity (Wildman–Crippen MR) is 144 cm³/mol. The van der Waals surface area contributed by atoms with Crippen LogP contribution in [0.2, 0.25) is 0 Å². The smallest absolute Gasteiger partial charge is 0.269 e. The Morgan fingerprint density at radius 3 is 2.41 bits per heavy atom. The van der Waals surface area contributed by atoms with Crippen LogP contribution in [0.1, 0.15) is 50.6 Å². The molecule has 0 aromatic heterocycles. The Morgan fingerprint density at radius 2 is 1.62 bits per heavy atom. The van der Waals surface area contributed by atoms with E-state index in [-0.39, 0.29) is 29.9 Å². The van der Waals surface area contributed by atoms with Gasteiger partial charge in [-0.2, -0.15) is 0 Å². The zero-order chi connectivity index (χ0) is 26.5. The van der Waals surface area contributed by atoms with E-state index in [2.05, 4.69) is 4.90 Å². The van der Waals surface area contributed by atoms with Crippen LogP contribution in [0.4, 0.5) is 5.69 Å². The molecule has 0 amide bonds. The van der Waals surface area contributed by atoms with E-state index >= 15 is 4.79 Å². The third-order valence-electron chi connectivity index (χ3n) is 9.61. The van der Waals surface area contributed by atoms with Crippen LogP contribution in [-0.2, 0) is 5.54 Å². The molecule has 2 saturated heterocycles. The number of non-ortho nitro benzene ring substituents is 1. The predicted octanol–water partition coefficient (Wildman–Crippen LogP) is 5.66. The number of ether oxygens (including phenoxy) is 1. The van der Waals surface area contributed by atoms with Crippen molar-refractivity contribution in [2.75, 3.05) is 13.2 Å². The van der Waals surface area contributed by atoms with Gasteiger partial charge < -0.3 is 4.74 Å². The molecule has 0 N–H and O–H groups in total. The molecule has 4 atom stereocenters. The number of ketones is 2. The van der Waals surface area contributed by atoms with Crippen molar-refractivity contribution in [2.45, 2.75) is 30.3 Å². The van der Waals surface area contributed by atoms with Crippen molar-refractivity contribution in [1.29, 1.82) is 0 Å². The SMILES string of the molecule is O=C1c2cccc3cccc(c23)C12N1CCCC1[C@@H](c1ccc([N+](=O)[O-])cc1)[C@@]21COc2ccccc2C1=O. The fourth-order valence-corrected chi connectivity index (χ4v) is 8.33. The zero-order valence-electron chi connectivity index (χ0n) is 21.0. The number of nitrogens with zero attached hydrogens (tertiary/aromatic N) is 2. The van der Waals surface area contributed by atoms with Crippen LogP contribution in [0.5, 0.6) is 5.75 Å². The first kappa shape index (κ1) is 22.6. The number of carbonyl (C=O) groups excluding carboxylic acids is 2. The molecule has 39 heavy (non-hydrogen) atoms. The summed E-state index contributed by atoms with van der Waals surface area (Å²) in [5.41, 5.74) is 0.308. The van der Waals surface area contributed by atoms with Crippen molar-refractivity contribution in [3.63, 3.8) is 0 Å². The highest BCUT2D eigenvalue weighted by atomic mass is 16.6. The first-order valence-corrected chi connectivity index (χ1v) is 13.3. The molecule has 2 spiro atoms. The van der Waals surface area contributed by atoms with E-state index < -0.39 is 21.8 Å². The van der Waals surface area contributed by atoms with Gasteiger partial charge in [-0.25, -0.2) is 0 Å². The molecule has 1 aliphatic carbocycles. The van der Waals surface area contributed by atoms with E-state index in [9.17, 15) is 14.9 Å². The minimum absolute atomic E-state index is 0.00512. The van der Waals surface area contributed by atoms with Crippen LogP contribution < -0.4 is 4.74 Å². The average Bonchev–Trinajstić information content (AvgIpc) is 3.60. The monoisotopic (exact) mass is 516 g/mol. The van der Waals surface area contributed by atoms with E-state index in [0.717, 1.165) is 34.7 Å². The molecule has 4 aromatic carbocycles. The summed E-state index contributed by atoms with van der Waals surface area (Å²) in [4.78, 5) is 43.3. The van der Waals surface area contributed by atoms with Gasteiger partial charge in [-0.1, -0.05) is 60.7 Å². The van der Waals surface area contributed by atoms with Gasteiger partial charge in [0.15, 0.2) is 11.6 Å². The number of nitro groups is 1. The maximum Gasteiger partial charge on any atom is 0.269 e. The van der Waals surface area contributed by atoms with Gasteiger partial charge in [0, 0.05) is 29.7 Å². The van der Waals surface area contributed by atoms with E-state index in [0.29, 0.717) is 23.4 Å². The second-order valence-corrected chi connectivity index (χ2v) is 11.1. The Hall–Kier alpha value is -4.36.